The summed E-state index contributed by atoms with van der Waals surface area (Å²) in [5, 5.41) is 17.9. The molecule has 1 aliphatic rings. The first-order valence-electron chi connectivity index (χ1n) is 19.1. The molecule has 7 aromatic rings. The summed E-state index contributed by atoms with van der Waals surface area (Å²) in [7, 11) is 1.92. The summed E-state index contributed by atoms with van der Waals surface area (Å²) in [6.07, 6.45) is 2.85. The summed E-state index contributed by atoms with van der Waals surface area (Å²) in [6, 6.07) is 19.0. The zero-order valence-corrected chi connectivity index (χ0v) is 34.6. The molecule has 0 unspecified atom stereocenters. The monoisotopic (exact) mass is 802 g/mol. The normalized spacial score (nSPS) is 14.2. The molecule has 0 fully saturated rings. The fourth-order valence-corrected chi connectivity index (χ4v) is 9.01. The molecule has 0 saturated heterocycles. The number of fused-ring (bicyclic) bond motifs is 4. The van der Waals surface area contributed by atoms with Crippen LogP contribution in [0.4, 0.5) is 5.69 Å². The molecule has 0 radical (unpaired) electrons. The Morgan fingerprint density at radius 2 is 1.68 bits per heavy atom. The van der Waals surface area contributed by atoms with Gasteiger partial charge in [0, 0.05) is 64.1 Å². The number of carbonyl (C=O) groups is 2. The van der Waals surface area contributed by atoms with E-state index in [9.17, 15) is 9.90 Å². The van der Waals surface area contributed by atoms with Gasteiger partial charge in [-0.1, -0.05) is 47.5 Å². The van der Waals surface area contributed by atoms with Crippen LogP contribution in [-0.4, -0.2) is 54.0 Å². The number of nitrogens with zero attached hydrogens (tertiary/aromatic N) is 6. The highest BCUT2D eigenvalue weighted by molar-refractivity contribution is 6.35. The molecule has 8 rings (SSSR count). The number of hydrogen-bond acceptors (Lipinski definition) is 5. The molecule has 1 N–H and O–H groups in total. The van der Waals surface area contributed by atoms with Crippen molar-refractivity contribution in [1.29, 1.82) is 0 Å². The molecule has 12 heteroatoms. The van der Waals surface area contributed by atoms with Gasteiger partial charge >= 0.3 is 5.97 Å². The first-order valence-corrected chi connectivity index (χ1v) is 19.9. The molecule has 4 aromatic heterocycles. The summed E-state index contributed by atoms with van der Waals surface area (Å²) in [5.74, 6) is -0.453. The minimum atomic E-state index is -1.04. The molecule has 1 amide bonds. The van der Waals surface area contributed by atoms with Crippen LogP contribution in [-0.2, 0) is 20.0 Å². The molecule has 0 saturated carbocycles. The summed E-state index contributed by atoms with van der Waals surface area (Å²) < 4.78 is 12.2. The molecule has 5 heterocycles. The fraction of sp³-hybridized carbons (Fsp3) is 0.289. The first-order chi connectivity index (χ1) is 27.2. The molecular formula is C45H44Cl2N6O4. The molecule has 0 aliphatic carbocycles. The predicted octanol–water partition coefficient (Wildman–Crippen LogP) is 10.2. The van der Waals surface area contributed by atoms with Crippen molar-refractivity contribution < 1.29 is 19.4 Å². The van der Waals surface area contributed by atoms with Crippen LogP contribution in [0.15, 0.2) is 66.9 Å². The summed E-state index contributed by atoms with van der Waals surface area (Å²) >= 11 is 13.6. The van der Waals surface area contributed by atoms with Crippen LogP contribution in [0.5, 0.6) is 5.75 Å². The van der Waals surface area contributed by atoms with Gasteiger partial charge in [-0.15, -0.1) is 0 Å². The third-order valence-corrected chi connectivity index (χ3v) is 12.2. The largest absolute Gasteiger partial charge is 0.494 e. The number of aromatic carboxylic acids is 1. The summed E-state index contributed by atoms with van der Waals surface area (Å²) in [6.45, 7) is 13.1. The maximum absolute atomic E-state index is 15.4. The van der Waals surface area contributed by atoms with E-state index in [4.69, 9.17) is 38.0 Å². The van der Waals surface area contributed by atoms with Gasteiger partial charge in [-0.25, -0.2) is 4.79 Å². The second kappa shape index (κ2) is 14.7. The molecule has 1 aliphatic heterocycles. The molecular weight excluding hydrogens is 759 g/mol. The Kier molecular flexibility index (Phi) is 9.90. The molecule has 292 valence electrons. The lowest BCUT2D eigenvalue weighted by Crippen LogP contribution is -2.43. The van der Waals surface area contributed by atoms with Gasteiger partial charge in [0.1, 0.15) is 11.4 Å². The SMILES string of the molecule is Cc1cccc(Cn2cc(C(=O)O)c3cccc(N4C[C@@H](C)n5c(c(CCCOc6cc(C)c(Cl)c(C)c6)c6ccc(Cl)c(-c7c(C)nn(C)c7C)c65)C4=O)c32)n1. The Balaban J connectivity index is 1.28. The van der Waals surface area contributed by atoms with Crippen LogP contribution in [0.1, 0.15) is 79.7 Å². The van der Waals surface area contributed by atoms with Gasteiger partial charge in [-0.05, 0) is 107 Å². The van der Waals surface area contributed by atoms with Gasteiger partial charge in [0.25, 0.3) is 5.91 Å². The topological polar surface area (TPSA) is 107 Å². The third kappa shape index (κ3) is 6.54. The lowest BCUT2D eigenvalue weighted by molar-refractivity contribution is 0.0698. The van der Waals surface area contributed by atoms with Crippen molar-refractivity contribution in [2.24, 2.45) is 7.05 Å². The second-order valence-electron chi connectivity index (χ2n) is 15.2. The fourth-order valence-electron chi connectivity index (χ4n) is 8.65. The number of anilines is 1. The Labute approximate surface area is 341 Å². The standard InChI is InChI=1S/C45H44Cl2N6O4/c1-24-19-31(20-25(2)40(24)47)57-18-10-14-32-34-16-17-36(46)39(38-28(5)49-50(7)29(38)6)42(34)53-27(4)21-52(44(54)43(32)53)37-15-9-13-33-35(45(55)56)23-51(41(33)37)22-30-12-8-11-26(3)48-30/h8-9,11-13,15-17,19-20,23,27H,10,14,18,21-22H2,1-7H3,(H,55,56)/t27-/m1/s1. The molecule has 3 aromatic carbocycles. The van der Waals surface area contributed by atoms with Crippen LogP contribution < -0.4 is 9.64 Å². The third-order valence-electron chi connectivity index (χ3n) is 11.2. The highest BCUT2D eigenvalue weighted by Gasteiger charge is 2.38. The molecule has 57 heavy (non-hydrogen) atoms. The minimum absolute atomic E-state index is 0.166. The van der Waals surface area contributed by atoms with E-state index in [0.717, 1.165) is 72.3 Å². The Bertz CT molecular complexity index is 2760. The predicted molar refractivity (Wildman–Crippen MR) is 227 cm³/mol. The molecule has 0 bridgehead atoms. The smallest absolute Gasteiger partial charge is 0.337 e. The van der Waals surface area contributed by atoms with Crippen LogP contribution in [0.25, 0.3) is 32.9 Å². The van der Waals surface area contributed by atoms with Crippen LogP contribution in [0, 0.1) is 34.6 Å². The van der Waals surface area contributed by atoms with E-state index in [1.54, 1.807) is 12.3 Å². The number of carboxylic acid groups (broad SMARTS) is 1. The average molecular weight is 804 g/mol. The second-order valence-corrected chi connectivity index (χ2v) is 16.0. The van der Waals surface area contributed by atoms with Crippen LogP contribution in [0.3, 0.4) is 0 Å². The molecule has 10 nitrogen and oxygen atoms in total. The zero-order valence-electron chi connectivity index (χ0n) is 33.1. The number of rotatable bonds is 10. The van der Waals surface area contributed by atoms with E-state index in [1.807, 2.05) is 110 Å². The van der Waals surface area contributed by atoms with E-state index in [2.05, 4.69) is 11.5 Å². The number of carboxylic acids is 1. The van der Waals surface area contributed by atoms with Gasteiger partial charge in [0.05, 0.1) is 51.8 Å². The van der Waals surface area contributed by atoms with Crippen LogP contribution in [0.2, 0.25) is 10.0 Å². The number of pyridine rings is 1. The van der Waals surface area contributed by atoms with Gasteiger partial charge in [-0.2, -0.15) is 5.10 Å². The Morgan fingerprint density at radius 3 is 2.37 bits per heavy atom. The van der Waals surface area contributed by atoms with Crippen molar-refractivity contribution in [3.63, 3.8) is 0 Å². The van der Waals surface area contributed by atoms with Crippen molar-refractivity contribution in [2.75, 3.05) is 18.1 Å². The van der Waals surface area contributed by atoms with E-state index in [-0.39, 0.29) is 17.5 Å². The van der Waals surface area contributed by atoms with Crippen molar-refractivity contribution in [3.8, 4) is 16.9 Å². The Hall–Kier alpha value is -5.58. The molecule has 0 spiro atoms. The number of ether oxygens (including phenoxy) is 1. The van der Waals surface area contributed by atoms with E-state index in [0.29, 0.717) is 59.8 Å². The quantitative estimate of drug-likeness (QED) is 0.138. The van der Waals surface area contributed by atoms with E-state index >= 15 is 4.79 Å². The first kappa shape index (κ1) is 38.3. The van der Waals surface area contributed by atoms with Crippen molar-refractivity contribution in [1.82, 2.24) is 23.9 Å². The number of amides is 1. The number of aryl methyl sites for hydroxylation is 6. The average Bonchev–Trinajstić information content (AvgIpc) is 3.79. The lowest BCUT2D eigenvalue weighted by atomic mass is 9.98. The van der Waals surface area contributed by atoms with E-state index < -0.39 is 5.97 Å². The number of halogens is 2. The minimum Gasteiger partial charge on any atom is -0.494 e. The molecule has 1 atom stereocenters. The van der Waals surface area contributed by atoms with Crippen molar-refractivity contribution in [2.45, 2.75) is 67.0 Å². The van der Waals surface area contributed by atoms with Gasteiger partial charge in [-0.3, -0.25) is 14.5 Å². The van der Waals surface area contributed by atoms with Gasteiger partial charge in [0.15, 0.2) is 0 Å². The van der Waals surface area contributed by atoms with E-state index in [1.165, 1.54) is 0 Å². The number of carbonyl (C=O) groups excluding carboxylic acids is 1. The number of benzene rings is 3. The highest BCUT2D eigenvalue weighted by Crippen LogP contribution is 2.46. The highest BCUT2D eigenvalue weighted by atomic mass is 35.5. The lowest BCUT2D eigenvalue weighted by Gasteiger charge is -2.35. The summed E-state index contributed by atoms with van der Waals surface area (Å²) in [4.78, 5) is 34.5. The van der Waals surface area contributed by atoms with Gasteiger partial charge < -0.3 is 23.9 Å². The van der Waals surface area contributed by atoms with Crippen LogP contribution >= 0.6 is 23.2 Å². The van der Waals surface area contributed by atoms with Crippen molar-refractivity contribution in [3.05, 3.63) is 128 Å². The number of para-hydroxylation sites is 1. The number of aromatic nitrogens is 5. The van der Waals surface area contributed by atoms with Gasteiger partial charge in [0.2, 0.25) is 0 Å². The van der Waals surface area contributed by atoms with Crippen molar-refractivity contribution >= 4 is 62.6 Å². The zero-order chi connectivity index (χ0) is 40.4. The number of hydrogen-bond donors (Lipinski definition) is 1. The maximum Gasteiger partial charge on any atom is 0.337 e. The summed E-state index contributed by atoms with van der Waals surface area (Å²) in [5.41, 5.74) is 11.1. The Morgan fingerprint density at radius 1 is 0.947 bits per heavy atom. The maximum atomic E-state index is 15.4.